The van der Waals surface area contributed by atoms with Gasteiger partial charge in [-0.2, -0.15) is 5.26 Å². The molecule has 0 spiro atoms. The van der Waals surface area contributed by atoms with Crippen molar-refractivity contribution in [3.05, 3.63) is 65.0 Å². The topological polar surface area (TPSA) is 79.0 Å². The van der Waals surface area contributed by atoms with Crippen LogP contribution in [0.1, 0.15) is 33.2 Å². The number of hydrogen-bond acceptors (Lipinski definition) is 5. The third kappa shape index (κ3) is 4.55. The maximum atomic E-state index is 13.3. The lowest BCUT2D eigenvalue weighted by atomic mass is 10.2. The van der Waals surface area contributed by atoms with E-state index >= 15 is 0 Å². The second-order valence-electron chi connectivity index (χ2n) is 7.17. The molecule has 0 saturated heterocycles. The molecular formula is C23H24N4O2S. The van der Waals surface area contributed by atoms with E-state index in [1.54, 1.807) is 28.5 Å². The molecule has 154 valence electrons. The number of carbonyl (C=O) groups is 1. The van der Waals surface area contributed by atoms with Crippen LogP contribution in [0.5, 0.6) is 0 Å². The molecule has 1 atom stereocenters. The third-order valence-corrected chi connectivity index (χ3v) is 5.76. The summed E-state index contributed by atoms with van der Waals surface area (Å²) in [6.07, 6.45) is 0.239. The van der Waals surface area contributed by atoms with Crippen molar-refractivity contribution in [3.63, 3.8) is 0 Å². The largest absolute Gasteiger partial charge is 0.310 e. The summed E-state index contributed by atoms with van der Waals surface area (Å²) >= 11 is 1.27. The number of aromatic nitrogens is 2. The third-order valence-electron chi connectivity index (χ3n) is 4.70. The van der Waals surface area contributed by atoms with Crippen molar-refractivity contribution in [1.82, 2.24) is 9.55 Å². The number of hydrogen-bond donors (Lipinski definition) is 0. The highest BCUT2D eigenvalue weighted by molar-refractivity contribution is 8.00. The standard InChI is InChI=1S/C23H24N4O2S/c1-16(2)27-22(29)19-12-7-8-13-20(19)25-23(27)30-17(3)21(28)26(15-9-14-24)18-10-5-4-6-11-18/h4-8,10-13,16-17H,9,15H2,1-3H3/t17-/m1/s1. The molecule has 0 aliphatic heterocycles. The first kappa shape index (κ1) is 21.6. The van der Waals surface area contributed by atoms with Gasteiger partial charge in [-0.1, -0.05) is 42.1 Å². The Hall–Kier alpha value is -3.11. The molecule has 0 radical (unpaired) electrons. The monoisotopic (exact) mass is 420 g/mol. The van der Waals surface area contributed by atoms with Gasteiger partial charge in [0.05, 0.1) is 28.6 Å². The number of para-hydroxylation sites is 2. The van der Waals surface area contributed by atoms with Gasteiger partial charge in [0.1, 0.15) is 0 Å². The predicted octanol–water partition coefficient (Wildman–Crippen LogP) is 4.40. The summed E-state index contributed by atoms with van der Waals surface area (Å²) in [4.78, 5) is 32.6. The minimum Gasteiger partial charge on any atom is -0.310 e. The van der Waals surface area contributed by atoms with Crippen molar-refractivity contribution in [1.29, 1.82) is 5.26 Å². The molecule has 2 aromatic carbocycles. The molecule has 0 N–H and O–H groups in total. The summed E-state index contributed by atoms with van der Waals surface area (Å²) in [6, 6.07) is 18.6. The Morgan fingerprint density at radius 1 is 1.13 bits per heavy atom. The number of fused-ring (bicyclic) bond motifs is 1. The zero-order valence-corrected chi connectivity index (χ0v) is 18.1. The van der Waals surface area contributed by atoms with Crippen LogP contribution in [0.2, 0.25) is 0 Å². The number of benzene rings is 2. The molecule has 0 aliphatic rings. The van der Waals surface area contributed by atoms with E-state index in [-0.39, 0.29) is 23.9 Å². The smallest absolute Gasteiger partial charge is 0.262 e. The maximum Gasteiger partial charge on any atom is 0.262 e. The zero-order chi connectivity index (χ0) is 21.7. The Morgan fingerprint density at radius 3 is 2.47 bits per heavy atom. The molecule has 1 heterocycles. The molecule has 1 aromatic heterocycles. The number of carbonyl (C=O) groups excluding carboxylic acids is 1. The van der Waals surface area contributed by atoms with Crippen molar-refractivity contribution in [2.75, 3.05) is 11.4 Å². The number of thioether (sulfide) groups is 1. The van der Waals surface area contributed by atoms with Gasteiger partial charge in [-0.05, 0) is 45.0 Å². The molecule has 7 heteroatoms. The Labute approximate surface area is 180 Å². The summed E-state index contributed by atoms with van der Waals surface area (Å²) in [7, 11) is 0. The average molecular weight is 421 g/mol. The van der Waals surface area contributed by atoms with Crippen LogP contribution in [-0.4, -0.2) is 27.3 Å². The number of nitrogens with zero attached hydrogens (tertiary/aromatic N) is 4. The molecule has 6 nitrogen and oxygen atoms in total. The minimum atomic E-state index is -0.484. The molecule has 3 rings (SSSR count). The van der Waals surface area contributed by atoms with E-state index < -0.39 is 5.25 Å². The van der Waals surface area contributed by atoms with E-state index in [1.165, 1.54) is 11.8 Å². The zero-order valence-electron chi connectivity index (χ0n) is 17.3. The molecule has 0 aliphatic carbocycles. The van der Waals surface area contributed by atoms with Gasteiger partial charge in [-0.3, -0.25) is 14.2 Å². The fraction of sp³-hybridized carbons (Fsp3) is 0.304. The lowest BCUT2D eigenvalue weighted by molar-refractivity contribution is -0.117. The van der Waals surface area contributed by atoms with Crippen LogP contribution in [0.15, 0.2) is 64.5 Å². The molecule has 1 amide bonds. The van der Waals surface area contributed by atoms with Gasteiger partial charge in [0.25, 0.3) is 5.56 Å². The number of nitriles is 1. The summed E-state index contributed by atoms with van der Waals surface area (Å²) in [6.45, 7) is 5.98. The number of amides is 1. The molecule has 0 saturated carbocycles. The Bertz CT molecular complexity index is 1140. The SMILES string of the molecule is CC(C)n1c(S[C@H](C)C(=O)N(CCC#N)c2ccccc2)nc2ccccc2c1=O. The second-order valence-corrected chi connectivity index (χ2v) is 8.48. The maximum absolute atomic E-state index is 13.3. The van der Waals surface area contributed by atoms with Crippen LogP contribution in [0.25, 0.3) is 10.9 Å². The summed E-state index contributed by atoms with van der Waals surface area (Å²) in [5, 5.41) is 9.60. The van der Waals surface area contributed by atoms with Crippen LogP contribution in [0.4, 0.5) is 5.69 Å². The minimum absolute atomic E-state index is 0.0942. The highest BCUT2D eigenvalue weighted by atomic mass is 32.2. The van der Waals surface area contributed by atoms with Crippen LogP contribution < -0.4 is 10.5 Å². The number of rotatable bonds is 7. The van der Waals surface area contributed by atoms with Gasteiger partial charge in [0.2, 0.25) is 5.91 Å². The van der Waals surface area contributed by atoms with Crippen LogP contribution >= 0.6 is 11.8 Å². The van der Waals surface area contributed by atoms with E-state index in [0.29, 0.717) is 22.6 Å². The van der Waals surface area contributed by atoms with Gasteiger partial charge in [0.15, 0.2) is 5.16 Å². The van der Waals surface area contributed by atoms with Crippen molar-refractivity contribution in [2.45, 2.75) is 43.6 Å². The lowest BCUT2D eigenvalue weighted by Crippen LogP contribution is -2.38. The quantitative estimate of drug-likeness (QED) is 0.418. The Balaban J connectivity index is 1.96. The molecule has 30 heavy (non-hydrogen) atoms. The van der Waals surface area contributed by atoms with Crippen LogP contribution in [0.3, 0.4) is 0 Å². The molecular weight excluding hydrogens is 396 g/mol. The first-order valence-electron chi connectivity index (χ1n) is 9.85. The summed E-state index contributed by atoms with van der Waals surface area (Å²) in [5.41, 5.74) is 1.26. The average Bonchev–Trinajstić information content (AvgIpc) is 2.74. The van der Waals surface area contributed by atoms with E-state index in [0.717, 1.165) is 5.69 Å². The first-order valence-corrected chi connectivity index (χ1v) is 10.7. The highest BCUT2D eigenvalue weighted by Crippen LogP contribution is 2.27. The Kier molecular flexibility index (Phi) is 6.91. The normalized spacial score (nSPS) is 12.0. The Morgan fingerprint density at radius 2 is 1.80 bits per heavy atom. The summed E-state index contributed by atoms with van der Waals surface area (Å²) < 4.78 is 1.64. The van der Waals surface area contributed by atoms with E-state index in [9.17, 15) is 9.59 Å². The van der Waals surface area contributed by atoms with Gasteiger partial charge in [0, 0.05) is 18.3 Å². The van der Waals surface area contributed by atoms with E-state index in [1.807, 2.05) is 56.3 Å². The van der Waals surface area contributed by atoms with Gasteiger partial charge < -0.3 is 4.90 Å². The lowest BCUT2D eigenvalue weighted by Gasteiger charge is -2.25. The first-order chi connectivity index (χ1) is 14.4. The van der Waals surface area contributed by atoms with Gasteiger partial charge in [-0.25, -0.2) is 4.98 Å². The fourth-order valence-corrected chi connectivity index (χ4v) is 4.33. The van der Waals surface area contributed by atoms with Crippen molar-refractivity contribution in [2.24, 2.45) is 0 Å². The van der Waals surface area contributed by atoms with Crippen molar-refractivity contribution >= 4 is 34.3 Å². The van der Waals surface area contributed by atoms with Gasteiger partial charge >= 0.3 is 0 Å². The number of anilines is 1. The van der Waals surface area contributed by atoms with Crippen LogP contribution in [0, 0.1) is 11.3 Å². The van der Waals surface area contributed by atoms with Gasteiger partial charge in [-0.15, -0.1) is 0 Å². The summed E-state index contributed by atoms with van der Waals surface area (Å²) in [5.74, 6) is -0.126. The predicted molar refractivity (Wildman–Crippen MR) is 121 cm³/mol. The second kappa shape index (κ2) is 9.59. The van der Waals surface area contributed by atoms with E-state index in [2.05, 4.69) is 11.1 Å². The highest BCUT2D eigenvalue weighted by Gasteiger charge is 2.25. The fourth-order valence-electron chi connectivity index (χ4n) is 3.23. The molecule has 0 fully saturated rings. The van der Waals surface area contributed by atoms with E-state index in [4.69, 9.17) is 5.26 Å². The van der Waals surface area contributed by atoms with Crippen molar-refractivity contribution in [3.8, 4) is 6.07 Å². The molecule has 0 bridgehead atoms. The molecule has 0 unspecified atom stereocenters. The van der Waals surface area contributed by atoms with Crippen LogP contribution in [-0.2, 0) is 4.79 Å². The van der Waals surface area contributed by atoms with Crippen molar-refractivity contribution < 1.29 is 4.79 Å². The molecule has 3 aromatic rings.